The van der Waals surface area contributed by atoms with Crippen LogP contribution in [-0.2, 0) is 0 Å². The minimum absolute atomic E-state index is 0.567. The van der Waals surface area contributed by atoms with Crippen LogP contribution >= 0.6 is 11.6 Å². The van der Waals surface area contributed by atoms with Gasteiger partial charge in [0.05, 0.1) is 0 Å². The topological polar surface area (TPSA) is 40.5 Å². The average Bonchev–Trinajstić information content (AvgIpc) is 1.88. The molecule has 54 valence electrons. The third kappa shape index (κ3) is 1.30. The highest BCUT2D eigenvalue weighted by Gasteiger charge is 2.16. The van der Waals surface area contributed by atoms with Crippen molar-refractivity contribution in [2.24, 2.45) is 0 Å². The molecule has 1 aliphatic rings. The zero-order valence-electron chi connectivity index (χ0n) is 5.07. The highest BCUT2D eigenvalue weighted by atomic mass is 35.5. The number of halogens is 1. The lowest BCUT2D eigenvalue weighted by atomic mass is 10.4. The molecular weight excluding hydrogens is 154 g/mol. The Morgan fingerprint density at radius 3 is 2.70 bits per heavy atom. The summed E-state index contributed by atoms with van der Waals surface area (Å²) in [6, 6.07) is 0. The normalized spacial score (nSPS) is 23.3. The van der Waals surface area contributed by atoms with Crippen LogP contribution in [0.1, 0.15) is 0 Å². The molecule has 0 spiro atoms. The van der Waals surface area contributed by atoms with Crippen molar-refractivity contribution in [3.05, 3.63) is 24.4 Å². The van der Waals surface area contributed by atoms with Gasteiger partial charge < -0.3 is 5.11 Å². The van der Waals surface area contributed by atoms with Crippen molar-refractivity contribution in [1.82, 2.24) is 4.90 Å². The van der Waals surface area contributed by atoms with Crippen LogP contribution in [0.3, 0.4) is 0 Å². The SMILES string of the molecule is O=C(O)N1C=CC=CC1Cl. The van der Waals surface area contributed by atoms with Crippen LogP contribution in [0.4, 0.5) is 4.79 Å². The lowest BCUT2D eigenvalue weighted by molar-refractivity contribution is 0.163. The fraction of sp³-hybridized carbons (Fsp3) is 0.167. The Labute approximate surface area is 63.2 Å². The molecule has 0 aliphatic carbocycles. The largest absolute Gasteiger partial charge is 0.465 e. The molecule has 0 saturated carbocycles. The van der Waals surface area contributed by atoms with E-state index in [9.17, 15) is 4.79 Å². The first-order chi connectivity index (χ1) is 4.72. The van der Waals surface area contributed by atoms with Gasteiger partial charge in [0.25, 0.3) is 0 Å². The van der Waals surface area contributed by atoms with E-state index < -0.39 is 11.6 Å². The molecular formula is C6H6ClNO2. The van der Waals surface area contributed by atoms with Crippen molar-refractivity contribution >= 4 is 17.7 Å². The second-order valence-corrected chi connectivity index (χ2v) is 2.24. The van der Waals surface area contributed by atoms with E-state index >= 15 is 0 Å². The molecule has 10 heavy (non-hydrogen) atoms. The number of hydrogen-bond donors (Lipinski definition) is 1. The van der Waals surface area contributed by atoms with Gasteiger partial charge in [0.1, 0.15) is 5.50 Å². The number of allylic oxidation sites excluding steroid dienone is 2. The number of nitrogens with zero attached hydrogens (tertiary/aromatic N) is 1. The summed E-state index contributed by atoms with van der Waals surface area (Å²) in [5.74, 6) is 0. The Bertz CT molecular complexity index is 200. The molecule has 0 aromatic carbocycles. The lowest BCUT2D eigenvalue weighted by Crippen LogP contribution is -2.30. The molecule has 0 bridgehead atoms. The molecule has 0 aromatic rings. The van der Waals surface area contributed by atoms with Crippen LogP contribution < -0.4 is 0 Å². The fourth-order valence-corrected chi connectivity index (χ4v) is 0.875. The highest BCUT2D eigenvalue weighted by Crippen LogP contribution is 2.11. The second kappa shape index (κ2) is 2.75. The maximum absolute atomic E-state index is 10.3. The Morgan fingerprint density at radius 1 is 1.60 bits per heavy atom. The van der Waals surface area contributed by atoms with Gasteiger partial charge in [-0.3, -0.25) is 4.90 Å². The first-order valence-electron chi connectivity index (χ1n) is 2.72. The van der Waals surface area contributed by atoms with Crippen LogP contribution in [0.15, 0.2) is 24.4 Å². The summed E-state index contributed by atoms with van der Waals surface area (Å²) in [7, 11) is 0. The van der Waals surface area contributed by atoms with Crippen LogP contribution in [-0.4, -0.2) is 21.6 Å². The van der Waals surface area contributed by atoms with Crippen LogP contribution in [0.2, 0.25) is 0 Å². The van der Waals surface area contributed by atoms with Crippen molar-refractivity contribution in [2.75, 3.05) is 0 Å². The third-order valence-corrected chi connectivity index (χ3v) is 1.47. The van der Waals surface area contributed by atoms with E-state index in [2.05, 4.69) is 0 Å². The molecule has 0 aromatic heterocycles. The van der Waals surface area contributed by atoms with E-state index in [1.54, 1.807) is 18.2 Å². The van der Waals surface area contributed by atoms with Gasteiger partial charge in [-0.25, -0.2) is 4.79 Å². The Morgan fingerprint density at radius 2 is 2.30 bits per heavy atom. The lowest BCUT2D eigenvalue weighted by Gasteiger charge is -2.19. The number of carbonyl (C=O) groups is 1. The molecule has 1 atom stereocenters. The second-order valence-electron chi connectivity index (χ2n) is 1.79. The first kappa shape index (κ1) is 7.15. The number of amides is 1. The van der Waals surface area contributed by atoms with E-state index in [1.165, 1.54) is 6.20 Å². The molecule has 3 nitrogen and oxygen atoms in total. The third-order valence-electron chi connectivity index (χ3n) is 1.11. The highest BCUT2D eigenvalue weighted by molar-refractivity contribution is 6.22. The molecule has 1 N–H and O–H groups in total. The molecule has 4 heteroatoms. The van der Waals surface area contributed by atoms with Gasteiger partial charge in [0.15, 0.2) is 0 Å². The number of carboxylic acid groups (broad SMARTS) is 1. The Kier molecular flexibility index (Phi) is 1.97. The summed E-state index contributed by atoms with van der Waals surface area (Å²) in [5.41, 5.74) is -0.567. The number of rotatable bonds is 0. The zero-order chi connectivity index (χ0) is 7.56. The monoisotopic (exact) mass is 159 g/mol. The summed E-state index contributed by atoms with van der Waals surface area (Å²) in [4.78, 5) is 11.3. The van der Waals surface area contributed by atoms with Crippen LogP contribution in [0, 0.1) is 0 Å². The summed E-state index contributed by atoms with van der Waals surface area (Å²) >= 11 is 5.58. The molecule has 1 aliphatic heterocycles. The maximum Gasteiger partial charge on any atom is 0.412 e. The van der Waals surface area contributed by atoms with Crippen molar-refractivity contribution in [2.45, 2.75) is 5.50 Å². The van der Waals surface area contributed by atoms with E-state index in [4.69, 9.17) is 16.7 Å². The van der Waals surface area contributed by atoms with Gasteiger partial charge in [-0.05, 0) is 12.2 Å². The van der Waals surface area contributed by atoms with Gasteiger partial charge in [-0.2, -0.15) is 0 Å². The van der Waals surface area contributed by atoms with E-state index in [0.29, 0.717) is 0 Å². The van der Waals surface area contributed by atoms with Crippen molar-refractivity contribution in [3.63, 3.8) is 0 Å². The summed E-state index contributed by atoms with van der Waals surface area (Å²) < 4.78 is 0. The van der Waals surface area contributed by atoms with Gasteiger partial charge in [-0.15, -0.1) is 0 Å². The van der Waals surface area contributed by atoms with E-state index in [1.807, 2.05) is 0 Å². The summed E-state index contributed by atoms with van der Waals surface area (Å²) in [5, 5.41) is 8.46. The molecule has 1 unspecified atom stereocenters. The number of alkyl halides is 1. The molecule has 1 amide bonds. The smallest absolute Gasteiger partial charge is 0.412 e. The molecule has 0 saturated heterocycles. The average molecular weight is 160 g/mol. The van der Waals surface area contributed by atoms with Gasteiger partial charge in [-0.1, -0.05) is 17.7 Å². The van der Waals surface area contributed by atoms with E-state index in [-0.39, 0.29) is 0 Å². The first-order valence-corrected chi connectivity index (χ1v) is 3.16. The summed E-state index contributed by atoms with van der Waals surface area (Å²) in [6.07, 6.45) is 5.29. The van der Waals surface area contributed by atoms with Gasteiger partial charge >= 0.3 is 6.09 Å². The fourth-order valence-electron chi connectivity index (χ4n) is 0.642. The molecule has 1 heterocycles. The van der Waals surface area contributed by atoms with Gasteiger partial charge in [0, 0.05) is 6.20 Å². The molecule has 1 rings (SSSR count). The molecule has 0 radical (unpaired) electrons. The maximum atomic E-state index is 10.3. The van der Waals surface area contributed by atoms with Crippen molar-refractivity contribution in [3.8, 4) is 0 Å². The summed E-state index contributed by atoms with van der Waals surface area (Å²) in [6.45, 7) is 0. The predicted octanol–water partition coefficient (Wildman–Crippen LogP) is 1.61. The number of hydrogen-bond acceptors (Lipinski definition) is 1. The van der Waals surface area contributed by atoms with Gasteiger partial charge in [0.2, 0.25) is 0 Å². The quantitative estimate of drug-likeness (QED) is 0.431. The zero-order valence-corrected chi connectivity index (χ0v) is 5.82. The van der Waals surface area contributed by atoms with Crippen molar-refractivity contribution in [1.29, 1.82) is 0 Å². The van der Waals surface area contributed by atoms with E-state index in [0.717, 1.165) is 4.90 Å². The van der Waals surface area contributed by atoms with Crippen molar-refractivity contribution < 1.29 is 9.90 Å². The standard InChI is InChI=1S/C6H6ClNO2/c7-5-3-1-2-4-8(5)6(9)10/h1-5H,(H,9,10). The van der Waals surface area contributed by atoms with Crippen LogP contribution in [0.25, 0.3) is 0 Å². The predicted molar refractivity (Wildman–Crippen MR) is 37.8 cm³/mol. The molecule has 0 fully saturated rings. The van der Waals surface area contributed by atoms with Crippen LogP contribution in [0.5, 0.6) is 0 Å². The minimum atomic E-state index is -1.04. The minimum Gasteiger partial charge on any atom is -0.465 e. The Hall–Kier alpha value is -0.960. The Balaban J connectivity index is 2.70.